The molecule has 0 bridgehead atoms. The minimum absolute atomic E-state index is 0.0205. The maximum absolute atomic E-state index is 12.7. The Kier molecular flexibility index (Phi) is 6.44. The number of morpholine rings is 1. The molecule has 2 aliphatic heterocycles. The molecule has 3 heterocycles. The Balaban J connectivity index is 1.35. The van der Waals surface area contributed by atoms with E-state index in [1.807, 2.05) is 23.2 Å². The van der Waals surface area contributed by atoms with Gasteiger partial charge in [-0.2, -0.15) is 0 Å². The molecular formula is C25H29ClN4O2. The van der Waals surface area contributed by atoms with Crippen LogP contribution in [0.3, 0.4) is 0 Å². The fraction of sp³-hybridized carbons (Fsp3) is 0.440. The molecule has 2 fully saturated rings. The molecule has 6 nitrogen and oxygen atoms in total. The van der Waals surface area contributed by atoms with Crippen LogP contribution in [0.2, 0.25) is 5.02 Å². The first-order chi connectivity index (χ1) is 15.7. The SMILES string of the molecule is O=C(NCN1CCOCC1)N1CCC(=C2c3ccc(Cl)cc3CCc3cccnc32)CC1. The van der Waals surface area contributed by atoms with Crippen LogP contribution >= 0.6 is 11.6 Å². The van der Waals surface area contributed by atoms with E-state index in [2.05, 4.69) is 28.4 Å². The van der Waals surface area contributed by atoms with E-state index < -0.39 is 0 Å². The minimum atomic E-state index is 0.0205. The second-order valence-electron chi connectivity index (χ2n) is 8.65. The van der Waals surface area contributed by atoms with E-state index in [1.54, 1.807) is 0 Å². The molecule has 1 aromatic heterocycles. The van der Waals surface area contributed by atoms with Crippen molar-refractivity contribution in [2.24, 2.45) is 0 Å². The molecule has 2 amide bonds. The molecule has 0 atom stereocenters. The number of carbonyl (C=O) groups excluding carboxylic acids is 1. The number of likely N-dealkylation sites (tertiary alicyclic amines) is 1. The summed E-state index contributed by atoms with van der Waals surface area (Å²) in [6.45, 7) is 5.23. The van der Waals surface area contributed by atoms with Crippen LogP contribution < -0.4 is 5.32 Å². The van der Waals surface area contributed by atoms with Crippen molar-refractivity contribution in [3.63, 3.8) is 0 Å². The Morgan fingerprint density at radius 2 is 1.81 bits per heavy atom. The van der Waals surface area contributed by atoms with Crippen LogP contribution in [-0.4, -0.2) is 66.9 Å². The highest BCUT2D eigenvalue weighted by molar-refractivity contribution is 6.30. The van der Waals surface area contributed by atoms with Gasteiger partial charge in [-0.3, -0.25) is 9.88 Å². The Morgan fingerprint density at radius 3 is 2.62 bits per heavy atom. The molecule has 0 spiro atoms. The van der Waals surface area contributed by atoms with Gasteiger partial charge in [-0.05, 0) is 60.6 Å². The van der Waals surface area contributed by atoms with E-state index in [0.717, 1.165) is 75.8 Å². The zero-order valence-corrected chi connectivity index (χ0v) is 19.0. The van der Waals surface area contributed by atoms with Gasteiger partial charge >= 0.3 is 6.03 Å². The van der Waals surface area contributed by atoms with Gasteiger partial charge < -0.3 is 15.0 Å². The van der Waals surface area contributed by atoms with Gasteiger partial charge in [0.25, 0.3) is 0 Å². The number of fused-ring (bicyclic) bond motifs is 2. The summed E-state index contributed by atoms with van der Waals surface area (Å²) in [7, 11) is 0. The van der Waals surface area contributed by atoms with Crippen LogP contribution in [0, 0.1) is 0 Å². The van der Waals surface area contributed by atoms with Gasteiger partial charge in [-0.1, -0.05) is 29.3 Å². The number of hydrogen-bond acceptors (Lipinski definition) is 4. The lowest BCUT2D eigenvalue weighted by Gasteiger charge is -2.32. The Labute approximate surface area is 194 Å². The second-order valence-corrected chi connectivity index (χ2v) is 9.09. The van der Waals surface area contributed by atoms with Gasteiger partial charge in [0.05, 0.1) is 25.6 Å². The smallest absolute Gasteiger partial charge is 0.318 e. The van der Waals surface area contributed by atoms with Crippen LogP contribution in [0.15, 0.2) is 42.1 Å². The number of nitrogens with zero attached hydrogens (tertiary/aromatic N) is 3. The number of nitrogens with one attached hydrogen (secondary N) is 1. The number of ether oxygens (including phenoxy) is 1. The molecule has 7 heteroatoms. The number of amides is 2. The average Bonchev–Trinajstić information content (AvgIpc) is 3.00. The monoisotopic (exact) mass is 452 g/mol. The van der Waals surface area contributed by atoms with Crippen molar-refractivity contribution >= 4 is 23.2 Å². The van der Waals surface area contributed by atoms with Crippen molar-refractivity contribution < 1.29 is 9.53 Å². The minimum Gasteiger partial charge on any atom is -0.379 e. The van der Waals surface area contributed by atoms with E-state index >= 15 is 0 Å². The second kappa shape index (κ2) is 9.61. The molecule has 1 aliphatic carbocycles. The van der Waals surface area contributed by atoms with Crippen LogP contribution in [0.5, 0.6) is 0 Å². The normalized spacial score (nSPS) is 19.2. The van der Waals surface area contributed by atoms with Crippen LogP contribution in [0.1, 0.15) is 35.2 Å². The number of urea groups is 1. The molecule has 32 heavy (non-hydrogen) atoms. The summed E-state index contributed by atoms with van der Waals surface area (Å²) in [5.41, 5.74) is 7.53. The fourth-order valence-corrected chi connectivity index (χ4v) is 5.11. The van der Waals surface area contributed by atoms with Crippen molar-refractivity contribution in [2.45, 2.75) is 25.7 Å². The summed E-state index contributed by atoms with van der Waals surface area (Å²) < 4.78 is 5.38. The van der Waals surface area contributed by atoms with Crippen molar-refractivity contribution in [3.8, 4) is 0 Å². The van der Waals surface area contributed by atoms with E-state index in [4.69, 9.17) is 21.3 Å². The molecule has 5 rings (SSSR count). The summed E-state index contributed by atoms with van der Waals surface area (Å²) in [5, 5.41) is 3.85. The van der Waals surface area contributed by atoms with Crippen LogP contribution in [0.4, 0.5) is 4.79 Å². The topological polar surface area (TPSA) is 57.7 Å². The number of aromatic nitrogens is 1. The molecule has 0 radical (unpaired) electrons. The van der Waals surface area contributed by atoms with E-state index in [0.29, 0.717) is 6.67 Å². The molecule has 0 saturated carbocycles. The highest BCUT2D eigenvalue weighted by Gasteiger charge is 2.26. The zero-order valence-electron chi connectivity index (χ0n) is 18.3. The lowest BCUT2D eigenvalue weighted by atomic mass is 9.88. The maximum Gasteiger partial charge on any atom is 0.318 e. The van der Waals surface area contributed by atoms with Crippen LogP contribution in [-0.2, 0) is 17.6 Å². The standard InChI is InChI=1S/C25H29ClN4O2/c26-21-5-6-22-20(16-21)4-3-19-2-1-9-27-24(19)23(22)18-7-10-30(11-8-18)25(31)28-17-29-12-14-32-15-13-29/h1-2,5-6,9,16H,3-4,7-8,10-15,17H2,(H,28,31). The summed E-state index contributed by atoms with van der Waals surface area (Å²) in [4.78, 5) is 21.7. The number of pyridine rings is 1. The molecular weight excluding hydrogens is 424 g/mol. The molecule has 0 unspecified atom stereocenters. The third-order valence-electron chi connectivity index (χ3n) is 6.69. The number of hydrogen-bond donors (Lipinski definition) is 1. The maximum atomic E-state index is 12.7. The summed E-state index contributed by atoms with van der Waals surface area (Å²) in [6, 6.07) is 10.4. The number of piperidine rings is 1. The molecule has 1 aromatic carbocycles. The molecule has 2 saturated heterocycles. The van der Waals surface area contributed by atoms with Crippen molar-refractivity contribution in [3.05, 3.63) is 69.5 Å². The van der Waals surface area contributed by atoms with Crippen molar-refractivity contribution in [1.82, 2.24) is 20.1 Å². The first-order valence-electron chi connectivity index (χ1n) is 11.5. The van der Waals surface area contributed by atoms with Gasteiger partial charge in [0.1, 0.15) is 0 Å². The molecule has 1 N–H and O–H groups in total. The lowest BCUT2D eigenvalue weighted by Crippen LogP contribution is -2.49. The number of aryl methyl sites for hydroxylation is 2. The zero-order chi connectivity index (χ0) is 21.9. The van der Waals surface area contributed by atoms with Gasteiger partial charge in [0.15, 0.2) is 0 Å². The van der Waals surface area contributed by atoms with Gasteiger partial charge in [0, 0.05) is 43.0 Å². The van der Waals surface area contributed by atoms with Crippen molar-refractivity contribution in [1.29, 1.82) is 0 Å². The van der Waals surface area contributed by atoms with Gasteiger partial charge in [-0.25, -0.2) is 4.79 Å². The predicted molar refractivity (Wildman–Crippen MR) is 126 cm³/mol. The lowest BCUT2D eigenvalue weighted by molar-refractivity contribution is 0.0347. The first-order valence-corrected chi connectivity index (χ1v) is 11.8. The molecule has 2 aromatic rings. The van der Waals surface area contributed by atoms with Crippen LogP contribution in [0.25, 0.3) is 5.57 Å². The first kappa shape index (κ1) is 21.4. The fourth-order valence-electron chi connectivity index (χ4n) is 4.91. The number of benzene rings is 1. The van der Waals surface area contributed by atoms with Gasteiger partial charge in [-0.15, -0.1) is 0 Å². The summed E-state index contributed by atoms with van der Waals surface area (Å²) in [6.07, 6.45) is 5.52. The number of carbonyl (C=O) groups is 1. The highest BCUT2D eigenvalue weighted by Crippen LogP contribution is 2.38. The van der Waals surface area contributed by atoms with E-state index in [-0.39, 0.29) is 6.03 Å². The van der Waals surface area contributed by atoms with E-state index in [9.17, 15) is 4.79 Å². The molecule has 168 valence electrons. The average molecular weight is 453 g/mol. The highest BCUT2D eigenvalue weighted by atomic mass is 35.5. The van der Waals surface area contributed by atoms with Gasteiger partial charge in [0.2, 0.25) is 0 Å². The number of halogens is 1. The van der Waals surface area contributed by atoms with E-state index in [1.165, 1.54) is 27.8 Å². The summed E-state index contributed by atoms with van der Waals surface area (Å²) >= 11 is 6.32. The van der Waals surface area contributed by atoms with Crippen molar-refractivity contribution in [2.75, 3.05) is 46.1 Å². The quantitative estimate of drug-likeness (QED) is 0.754. The largest absolute Gasteiger partial charge is 0.379 e. The third-order valence-corrected chi connectivity index (χ3v) is 6.93. The Hall–Kier alpha value is -2.41. The molecule has 3 aliphatic rings. The third kappa shape index (κ3) is 4.53. The Bertz CT molecular complexity index is 1020. The predicted octanol–water partition coefficient (Wildman–Crippen LogP) is 3.73. The Morgan fingerprint density at radius 1 is 1.03 bits per heavy atom. The number of rotatable bonds is 2. The summed E-state index contributed by atoms with van der Waals surface area (Å²) in [5.74, 6) is 0.